The zero-order valence-electron chi connectivity index (χ0n) is 17.2. The molecule has 1 atom stereocenters. The Morgan fingerprint density at radius 1 is 1.16 bits per heavy atom. The second-order valence-corrected chi connectivity index (χ2v) is 7.37. The molecule has 4 rings (SSSR count). The van der Waals surface area contributed by atoms with Crippen LogP contribution >= 0.6 is 12.4 Å². The third-order valence-electron chi connectivity index (χ3n) is 5.13. The molecule has 0 aliphatic carbocycles. The van der Waals surface area contributed by atoms with Crippen molar-refractivity contribution < 1.29 is 22.5 Å². The zero-order valence-corrected chi connectivity index (χ0v) is 18.0. The monoisotopic (exact) mass is 466 g/mol. The van der Waals surface area contributed by atoms with E-state index in [0.717, 1.165) is 42.8 Å². The quantitative estimate of drug-likeness (QED) is 0.399. The molecule has 2 heterocycles. The molecule has 0 unspecified atom stereocenters. The Morgan fingerprint density at radius 3 is 2.50 bits per heavy atom. The summed E-state index contributed by atoms with van der Waals surface area (Å²) in [6.07, 6.45) is -3.36. The molecule has 0 radical (unpaired) electrons. The Bertz CT molecular complexity index is 1040. The van der Waals surface area contributed by atoms with Crippen molar-refractivity contribution in [3.05, 3.63) is 71.1 Å². The molecule has 0 bridgehead atoms. The Morgan fingerprint density at radius 2 is 1.88 bits per heavy atom. The molecule has 32 heavy (non-hydrogen) atoms. The van der Waals surface area contributed by atoms with Gasteiger partial charge in [-0.2, -0.15) is 18.2 Å². The molecule has 1 aliphatic heterocycles. The summed E-state index contributed by atoms with van der Waals surface area (Å²) in [4.78, 5) is 9.80. The van der Waals surface area contributed by atoms with Crippen LogP contribution in [0.5, 0.6) is 0 Å². The maximum Gasteiger partial charge on any atom is 0.416 e. The molecule has 1 N–H and O–H groups in total. The predicted octanol–water partition coefficient (Wildman–Crippen LogP) is 5.19. The molecule has 10 heteroatoms. The molecule has 1 fully saturated rings. The first-order valence-corrected chi connectivity index (χ1v) is 9.88. The van der Waals surface area contributed by atoms with Gasteiger partial charge < -0.3 is 14.7 Å². The number of nitrogens with zero attached hydrogens (tertiary/aromatic N) is 3. The van der Waals surface area contributed by atoms with Gasteiger partial charge in [-0.25, -0.2) is 0 Å². The summed E-state index contributed by atoms with van der Waals surface area (Å²) in [7, 11) is 0. The number of alkyl halides is 3. The van der Waals surface area contributed by atoms with E-state index in [1.54, 1.807) is 6.92 Å². The fraction of sp³-hybridized carbons (Fsp3) is 0.318. The average molecular weight is 467 g/mol. The van der Waals surface area contributed by atoms with Crippen molar-refractivity contribution in [2.24, 2.45) is 5.16 Å². The van der Waals surface area contributed by atoms with Crippen molar-refractivity contribution in [2.45, 2.75) is 32.0 Å². The second kappa shape index (κ2) is 10.1. The van der Waals surface area contributed by atoms with E-state index in [9.17, 15) is 13.2 Å². The number of oxime groups is 1. The largest absolute Gasteiger partial charge is 0.416 e. The van der Waals surface area contributed by atoms with E-state index in [2.05, 4.69) is 20.6 Å². The Balaban J connectivity index is 0.00000289. The summed E-state index contributed by atoms with van der Waals surface area (Å²) in [5.74, 6) is 1.46. The van der Waals surface area contributed by atoms with Crippen LogP contribution in [0.1, 0.15) is 41.8 Å². The summed E-state index contributed by atoms with van der Waals surface area (Å²) in [5.41, 5.74) is 2.24. The van der Waals surface area contributed by atoms with E-state index in [0.29, 0.717) is 23.0 Å². The maximum absolute atomic E-state index is 12.6. The number of aromatic nitrogens is 2. The van der Waals surface area contributed by atoms with E-state index in [1.165, 1.54) is 12.1 Å². The number of nitrogens with one attached hydrogen (secondary N) is 1. The fourth-order valence-electron chi connectivity index (χ4n) is 3.29. The SMILES string of the molecule is CC(=NOCc1ccc(C(F)(F)F)cc1)c1ccc(-c2noc([C@@H]3CCNC3)n2)cc1.Cl. The lowest BCUT2D eigenvalue weighted by molar-refractivity contribution is -0.137. The first kappa shape index (κ1) is 23.7. The van der Waals surface area contributed by atoms with E-state index in [4.69, 9.17) is 9.36 Å². The van der Waals surface area contributed by atoms with Crippen LogP contribution < -0.4 is 5.32 Å². The highest BCUT2D eigenvalue weighted by Gasteiger charge is 2.29. The first-order valence-electron chi connectivity index (χ1n) is 9.88. The molecular weight excluding hydrogens is 445 g/mol. The summed E-state index contributed by atoms with van der Waals surface area (Å²) in [6.45, 7) is 3.68. The van der Waals surface area contributed by atoms with Gasteiger partial charge >= 0.3 is 6.18 Å². The van der Waals surface area contributed by atoms with Gasteiger partial charge in [0.25, 0.3) is 0 Å². The smallest absolute Gasteiger partial charge is 0.391 e. The molecular formula is C22H22ClF3N4O2. The molecule has 0 spiro atoms. The topological polar surface area (TPSA) is 72.5 Å². The van der Waals surface area contributed by atoms with Gasteiger partial charge in [-0.05, 0) is 43.1 Å². The minimum Gasteiger partial charge on any atom is -0.391 e. The third kappa shape index (κ3) is 5.66. The first-order chi connectivity index (χ1) is 14.9. The molecule has 0 saturated carbocycles. The highest BCUT2D eigenvalue weighted by atomic mass is 35.5. The van der Waals surface area contributed by atoms with Gasteiger partial charge in [-0.3, -0.25) is 0 Å². The standard InChI is InChI=1S/C22H21F3N4O2.ClH/c1-14(28-30-13-15-2-8-19(9-3-15)22(23,24)25)16-4-6-17(7-5-16)20-27-21(31-29-20)18-10-11-26-12-18;/h2-9,18,26H,10-13H2,1H3;1H/t18-;/m1./s1. The van der Waals surface area contributed by atoms with Crippen LogP contribution in [-0.2, 0) is 17.6 Å². The summed E-state index contributed by atoms with van der Waals surface area (Å²) < 4.78 is 43.2. The molecule has 2 aromatic carbocycles. The average Bonchev–Trinajstić information content (AvgIpc) is 3.45. The molecule has 3 aromatic rings. The minimum absolute atomic E-state index is 0. The Hall–Kier alpha value is -2.91. The fourth-order valence-corrected chi connectivity index (χ4v) is 3.29. The number of rotatable bonds is 6. The van der Waals surface area contributed by atoms with Gasteiger partial charge in [0.2, 0.25) is 11.7 Å². The molecule has 1 aromatic heterocycles. The van der Waals surface area contributed by atoms with Crippen LogP contribution in [0.2, 0.25) is 0 Å². The lowest BCUT2D eigenvalue weighted by Crippen LogP contribution is -2.08. The van der Waals surface area contributed by atoms with Gasteiger partial charge in [-0.1, -0.05) is 46.7 Å². The third-order valence-corrected chi connectivity index (χ3v) is 5.13. The lowest BCUT2D eigenvalue weighted by Gasteiger charge is -2.07. The van der Waals surface area contributed by atoms with Crippen molar-refractivity contribution in [3.63, 3.8) is 0 Å². The van der Waals surface area contributed by atoms with Crippen LogP contribution in [0, 0.1) is 0 Å². The van der Waals surface area contributed by atoms with Crippen LogP contribution in [-0.4, -0.2) is 28.9 Å². The highest BCUT2D eigenvalue weighted by molar-refractivity contribution is 5.98. The Kier molecular flexibility index (Phi) is 7.52. The van der Waals surface area contributed by atoms with Crippen molar-refractivity contribution in [1.82, 2.24) is 15.5 Å². The van der Waals surface area contributed by atoms with Gasteiger partial charge in [-0.15, -0.1) is 12.4 Å². The highest BCUT2D eigenvalue weighted by Crippen LogP contribution is 2.29. The number of benzene rings is 2. The van der Waals surface area contributed by atoms with Gasteiger partial charge in [0, 0.05) is 12.1 Å². The molecule has 6 nitrogen and oxygen atoms in total. The van der Waals surface area contributed by atoms with Crippen molar-refractivity contribution in [1.29, 1.82) is 0 Å². The predicted molar refractivity (Wildman–Crippen MR) is 116 cm³/mol. The summed E-state index contributed by atoms with van der Waals surface area (Å²) in [5, 5.41) is 11.4. The second-order valence-electron chi connectivity index (χ2n) is 7.37. The molecule has 0 amide bonds. The Labute approximate surface area is 189 Å². The molecule has 1 aliphatic rings. The minimum atomic E-state index is -4.35. The van der Waals surface area contributed by atoms with Crippen molar-refractivity contribution in [2.75, 3.05) is 13.1 Å². The van der Waals surface area contributed by atoms with Crippen LogP contribution in [0.3, 0.4) is 0 Å². The lowest BCUT2D eigenvalue weighted by atomic mass is 10.1. The summed E-state index contributed by atoms with van der Waals surface area (Å²) in [6, 6.07) is 12.3. The van der Waals surface area contributed by atoms with Crippen LogP contribution in [0.25, 0.3) is 11.4 Å². The number of hydrogen-bond acceptors (Lipinski definition) is 6. The zero-order chi connectivity index (χ0) is 21.8. The van der Waals surface area contributed by atoms with Gasteiger partial charge in [0.05, 0.1) is 17.2 Å². The van der Waals surface area contributed by atoms with Crippen molar-refractivity contribution in [3.8, 4) is 11.4 Å². The maximum atomic E-state index is 12.6. The van der Waals surface area contributed by atoms with E-state index in [-0.39, 0.29) is 24.9 Å². The number of halogens is 4. The summed E-state index contributed by atoms with van der Waals surface area (Å²) >= 11 is 0. The van der Waals surface area contributed by atoms with Crippen molar-refractivity contribution >= 4 is 18.1 Å². The molecule has 170 valence electrons. The van der Waals surface area contributed by atoms with Crippen LogP contribution in [0.15, 0.2) is 58.2 Å². The van der Waals surface area contributed by atoms with E-state index < -0.39 is 11.7 Å². The molecule has 1 saturated heterocycles. The van der Waals surface area contributed by atoms with Gasteiger partial charge in [0.1, 0.15) is 6.61 Å². The number of hydrogen-bond donors (Lipinski definition) is 1. The van der Waals surface area contributed by atoms with E-state index in [1.807, 2.05) is 24.3 Å². The van der Waals surface area contributed by atoms with Gasteiger partial charge in [0.15, 0.2) is 0 Å². The van der Waals surface area contributed by atoms with Crippen LogP contribution in [0.4, 0.5) is 13.2 Å². The normalized spacial score (nSPS) is 16.6. The van der Waals surface area contributed by atoms with E-state index >= 15 is 0 Å².